The third-order valence-corrected chi connectivity index (χ3v) is 5.89. The maximum Gasteiger partial charge on any atom is 0.312 e. The summed E-state index contributed by atoms with van der Waals surface area (Å²) in [6.07, 6.45) is 5.36. The van der Waals surface area contributed by atoms with Crippen molar-refractivity contribution in [2.45, 2.75) is 44.4 Å². The highest BCUT2D eigenvalue weighted by atomic mass is 16.6. The molecule has 1 spiro atoms. The van der Waals surface area contributed by atoms with Crippen molar-refractivity contribution in [1.82, 2.24) is 4.90 Å². The zero-order chi connectivity index (χ0) is 18.3. The minimum absolute atomic E-state index is 0.00866. The first kappa shape index (κ1) is 17.3. The summed E-state index contributed by atoms with van der Waals surface area (Å²) in [6.45, 7) is 4.96. The van der Waals surface area contributed by atoms with E-state index in [-0.39, 0.29) is 24.0 Å². The molecular formula is C21H25NO4. The lowest BCUT2D eigenvalue weighted by Crippen LogP contribution is -2.40. The molecule has 2 saturated heterocycles. The number of fused-ring (bicyclic) bond motifs is 1. The minimum atomic E-state index is -0.681. The van der Waals surface area contributed by atoms with Crippen LogP contribution in [0.15, 0.2) is 42.5 Å². The molecule has 3 aliphatic heterocycles. The average molecular weight is 355 g/mol. The minimum Gasteiger partial charge on any atom is -0.465 e. The van der Waals surface area contributed by atoms with Crippen LogP contribution in [0.1, 0.15) is 38.3 Å². The lowest BCUT2D eigenvalue weighted by atomic mass is 9.77. The van der Waals surface area contributed by atoms with Gasteiger partial charge in [0.25, 0.3) is 0 Å². The Bertz CT molecular complexity index is 731. The zero-order valence-corrected chi connectivity index (χ0v) is 15.3. The number of likely N-dealkylation sites (tertiary alicyclic amines) is 1. The SMILES string of the molecule is CCCCOC(=O)[C@@H]1[C@@H]2C=C[C@@]3(CN([C@H](C)c4ccccc4)C(=O)[C@H]13)O2. The van der Waals surface area contributed by atoms with Gasteiger partial charge in [-0.25, -0.2) is 0 Å². The van der Waals surface area contributed by atoms with Gasteiger partial charge in [0.1, 0.15) is 11.5 Å². The van der Waals surface area contributed by atoms with Gasteiger partial charge in [-0.15, -0.1) is 0 Å². The molecule has 26 heavy (non-hydrogen) atoms. The molecule has 1 aromatic carbocycles. The summed E-state index contributed by atoms with van der Waals surface area (Å²) in [5.41, 5.74) is 0.400. The Hall–Kier alpha value is -2.14. The van der Waals surface area contributed by atoms with Crippen LogP contribution in [0.25, 0.3) is 0 Å². The molecule has 0 aliphatic carbocycles. The van der Waals surface area contributed by atoms with Crippen molar-refractivity contribution in [3.8, 4) is 0 Å². The van der Waals surface area contributed by atoms with Gasteiger partial charge in [0, 0.05) is 0 Å². The van der Waals surface area contributed by atoms with Gasteiger partial charge in [0.05, 0.1) is 31.2 Å². The molecule has 3 heterocycles. The highest BCUT2D eigenvalue weighted by molar-refractivity contribution is 5.91. The van der Waals surface area contributed by atoms with Crippen LogP contribution in [-0.4, -0.2) is 41.6 Å². The van der Waals surface area contributed by atoms with E-state index in [2.05, 4.69) is 6.92 Å². The topological polar surface area (TPSA) is 55.8 Å². The monoisotopic (exact) mass is 355 g/mol. The molecule has 138 valence electrons. The molecule has 2 fully saturated rings. The maximum atomic E-state index is 13.2. The number of ether oxygens (including phenoxy) is 2. The van der Waals surface area contributed by atoms with Crippen LogP contribution >= 0.6 is 0 Å². The van der Waals surface area contributed by atoms with Crippen LogP contribution in [0.4, 0.5) is 0 Å². The van der Waals surface area contributed by atoms with Crippen LogP contribution < -0.4 is 0 Å². The van der Waals surface area contributed by atoms with Gasteiger partial charge in [0.15, 0.2) is 0 Å². The van der Waals surface area contributed by atoms with Gasteiger partial charge >= 0.3 is 5.97 Å². The molecule has 5 atom stereocenters. The largest absolute Gasteiger partial charge is 0.465 e. The van der Waals surface area contributed by atoms with Crippen molar-refractivity contribution in [2.75, 3.05) is 13.2 Å². The second-order valence-electron chi connectivity index (χ2n) is 7.47. The number of carbonyl (C=O) groups is 2. The Kier molecular flexibility index (Phi) is 4.35. The fraction of sp³-hybridized carbons (Fsp3) is 0.524. The lowest BCUT2D eigenvalue weighted by molar-refractivity contribution is -0.154. The summed E-state index contributed by atoms with van der Waals surface area (Å²) >= 11 is 0. The molecule has 0 aromatic heterocycles. The third-order valence-electron chi connectivity index (χ3n) is 5.89. The fourth-order valence-corrected chi connectivity index (χ4v) is 4.45. The number of unbranched alkanes of at least 4 members (excludes halogenated alkanes) is 1. The molecule has 1 aromatic rings. The van der Waals surface area contributed by atoms with Crippen LogP contribution in [0.5, 0.6) is 0 Å². The molecule has 5 heteroatoms. The van der Waals surface area contributed by atoms with Crippen LogP contribution in [0, 0.1) is 11.8 Å². The van der Waals surface area contributed by atoms with Crippen molar-refractivity contribution < 1.29 is 19.1 Å². The summed E-state index contributed by atoms with van der Waals surface area (Å²) in [5.74, 6) is -1.32. The van der Waals surface area contributed by atoms with Gasteiger partial charge in [-0.2, -0.15) is 0 Å². The molecule has 4 rings (SSSR count). The van der Waals surface area contributed by atoms with Gasteiger partial charge in [-0.3, -0.25) is 9.59 Å². The third kappa shape index (κ3) is 2.57. The summed E-state index contributed by atoms with van der Waals surface area (Å²) in [7, 11) is 0. The van der Waals surface area contributed by atoms with Crippen LogP contribution in [0.2, 0.25) is 0 Å². The Morgan fingerprint density at radius 2 is 2.15 bits per heavy atom. The van der Waals surface area contributed by atoms with E-state index < -0.39 is 17.4 Å². The van der Waals surface area contributed by atoms with Gasteiger partial charge in [-0.1, -0.05) is 55.8 Å². The zero-order valence-electron chi connectivity index (χ0n) is 15.3. The quantitative estimate of drug-likeness (QED) is 0.447. The molecule has 5 nitrogen and oxygen atoms in total. The molecule has 0 N–H and O–H groups in total. The number of hydrogen-bond donors (Lipinski definition) is 0. The summed E-state index contributed by atoms with van der Waals surface area (Å²) in [4.78, 5) is 27.7. The highest BCUT2D eigenvalue weighted by Gasteiger charge is 2.67. The van der Waals surface area contributed by atoms with Crippen molar-refractivity contribution in [1.29, 1.82) is 0 Å². The number of rotatable bonds is 6. The predicted molar refractivity (Wildman–Crippen MR) is 96.2 cm³/mol. The Morgan fingerprint density at radius 3 is 2.88 bits per heavy atom. The van der Waals surface area contributed by atoms with E-state index in [1.54, 1.807) is 0 Å². The average Bonchev–Trinajstić information content (AvgIpc) is 3.30. The Labute approximate surface area is 154 Å². The Morgan fingerprint density at radius 1 is 1.38 bits per heavy atom. The van der Waals surface area contributed by atoms with Crippen LogP contribution in [-0.2, 0) is 19.1 Å². The number of benzene rings is 1. The van der Waals surface area contributed by atoms with E-state index in [9.17, 15) is 9.59 Å². The number of amides is 1. The first-order valence-electron chi connectivity index (χ1n) is 9.46. The number of nitrogens with zero attached hydrogens (tertiary/aromatic N) is 1. The van der Waals surface area contributed by atoms with E-state index in [0.717, 1.165) is 18.4 Å². The van der Waals surface area contributed by atoms with Crippen molar-refractivity contribution in [3.05, 3.63) is 48.0 Å². The first-order chi connectivity index (χ1) is 12.6. The number of esters is 1. The summed E-state index contributed by atoms with van der Waals surface area (Å²) < 4.78 is 11.6. The van der Waals surface area contributed by atoms with Crippen molar-refractivity contribution in [2.24, 2.45) is 11.8 Å². The second-order valence-corrected chi connectivity index (χ2v) is 7.47. The fourth-order valence-electron chi connectivity index (χ4n) is 4.45. The number of carbonyl (C=O) groups excluding carboxylic acids is 2. The molecule has 2 bridgehead atoms. The normalized spacial score (nSPS) is 32.8. The Balaban J connectivity index is 1.56. The summed E-state index contributed by atoms with van der Waals surface area (Å²) in [6, 6.07) is 9.90. The smallest absolute Gasteiger partial charge is 0.312 e. The highest BCUT2D eigenvalue weighted by Crippen LogP contribution is 2.53. The molecule has 1 amide bonds. The molecule has 0 unspecified atom stereocenters. The standard InChI is InChI=1S/C21H25NO4/c1-3-4-12-25-20(24)17-16-10-11-21(26-16)13-22(19(23)18(17)21)14(2)15-8-6-5-7-9-15/h5-11,14,16-18H,3-4,12-13H2,1-2H3/t14-,16+,17-,18+,21+/m1/s1. The van der Waals surface area contributed by atoms with E-state index in [0.29, 0.717) is 13.2 Å². The van der Waals surface area contributed by atoms with Gasteiger partial charge < -0.3 is 14.4 Å². The van der Waals surface area contributed by atoms with E-state index in [1.807, 2.05) is 54.3 Å². The molecule has 0 saturated carbocycles. The predicted octanol–water partition coefficient (Wildman–Crippen LogP) is 2.87. The van der Waals surface area contributed by atoms with Crippen molar-refractivity contribution in [3.63, 3.8) is 0 Å². The van der Waals surface area contributed by atoms with E-state index >= 15 is 0 Å². The summed E-state index contributed by atoms with van der Waals surface area (Å²) in [5, 5.41) is 0. The van der Waals surface area contributed by atoms with E-state index in [1.165, 1.54) is 0 Å². The molecule has 3 aliphatic rings. The molecular weight excluding hydrogens is 330 g/mol. The lowest BCUT2D eigenvalue weighted by Gasteiger charge is -2.27. The van der Waals surface area contributed by atoms with Crippen LogP contribution in [0.3, 0.4) is 0 Å². The first-order valence-corrected chi connectivity index (χ1v) is 9.46. The van der Waals surface area contributed by atoms with Gasteiger partial charge in [-0.05, 0) is 18.9 Å². The maximum absolute atomic E-state index is 13.2. The molecule has 0 radical (unpaired) electrons. The van der Waals surface area contributed by atoms with Gasteiger partial charge in [0.2, 0.25) is 5.91 Å². The van der Waals surface area contributed by atoms with E-state index in [4.69, 9.17) is 9.47 Å². The van der Waals surface area contributed by atoms with Crippen molar-refractivity contribution >= 4 is 11.9 Å². The second kappa shape index (κ2) is 6.54. The number of hydrogen-bond acceptors (Lipinski definition) is 4.